The molecule has 18 heavy (non-hydrogen) atoms. The number of nitrogens with zero attached hydrogens (tertiary/aromatic N) is 2. The van der Waals surface area contributed by atoms with Gasteiger partial charge in [0.25, 0.3) is 0 Å². The summed E-state index contributed by atoms with van der Waals surface area (Å²) in [5.41, 5.74) is 0.343. The van der Waals surface area contributed by atoms with Crippen molar-refractivity contribution in [2.75, 3.05) is 13.6 Å². The predicted molar refractivity (Wildman–Crippen MR) is 70.9 cm³/mol. The van der Waals surface area contributed by atoms with Gasteiger partial charge in [0, 0.05) is 13.6 Å². The molecule has 0 aliphatic carbocycles. The molecular weight excluding hydrogens is 272 g/mol. The lowest BCUT2D eigenvalue weighted by Gasteiger charge is -2.17. The Balaban J connectivity index is 3.09. The third kappa shape index (κ3) is 3.22. The first kappa shape index (κ1) is 15.0. The van der Waals surface area contributed by atoms with E-state index in [9.17, 15) is 8.42 Å². The van der Waals surface area contributed by atoms with Crippen molar-refractivity contribution in [3.63, 3.8) is 0 Å². The number of benzene rings is 1. The summed E-state index contributed by atoms with van der Waals surface area (Å²) in [6.07, 6.45) is 1.71. The van der Waals surface area contributed by atoms with E-state index in [1.54, 1.807) is 0 Å². The van der Waals surface area contributed by atoms with Gasteiger partial charge in [-0.3, -0.25) is 0 Å². The highest BCUT2D eigenvalue weighted by Gasteiger charge is 2.23. The molecule has 0 aliphatic rings. The molecule has 0 heterocycles. The van der Waals surface area contributed by atoms with Gasteiger partial charge in [-0.1, -0.05) is 24.9 Å². The number of rotatable bonds is 5. The molecule has 4 nitrogen and oxygen atoms in total. The molecule has 1 rings (SSSR count). The monoisotopic (exact) mass is 286 g/mol. The van der Waals surface area contributed by atoms with Crippen LogP contribution in [-0.4, -0.2) is 26.3 Å². The zero-order chi connectivity index (χ0) is 13.8. The number of nitriles is 1. The van der Waals surface area contributed by atoms with Crippen LogP contribution < -0.4 is 0 Å². The van der Waals surface area contributed by atoms with E-state index in [-0.39, 0.29) is 9.92 Å². The molecule has 0 unspecified atom stereocenters. The van der Waals surface area contributed by atoms with Crippen LogP contribution in [0.2, 0.25) is 5.02 Å². The molecule has 6 heteroatoms. The fourth-order valence-corrected chi connectivity index (χ4v) is 3.17. The molecule has 0 spiro atoms. The van der Waals surface area contributed by atoms with Crippen LogP contribution in [0.3, 0.4) is 0 Å². The van der Waals surface area contributed by atoms with Gasteiger partial charge < -0.3 is 0 Å². The third-order valence-corrected chi connectivity index (χ3v) is 4.92. The summed E-state index contributed by atoms with van der Waals surface area (Å²) in [4.78, 5) is 0.0433. The van der Waals surface area contributed by atoms with Crippen LogP contribution in [0.4, 0.5) is 0 Å². The van der Waals surface area contributed by atoms with Crippen molar-refractivity contribution in [2.24, 2.45) is 0 Å². The van der Waals surface area contributed by atoms with Crippen molar-refractivity contribution < 1.29 is 8.42 Å². The maximum absolute atomic E-state index is 12.2. The van der Waals surface area contributed by atoms with E-state index in [1.165, 1.54) is 29.6 Å². The van der Waals surface area contributed by atoms with Crippen LogP contribution in [0.15, 0.2) is 23.1 Å². The second-order valence-corrected chi connectivity index (χ2v) is 6.36. The maximum atomic E-state index is 12.2. The Labute approximate surface area is 113 Å². The molecule has 0 radical (unpaired) electrons. The Morgan fingerprint density at radius 2 is 2.11 bits per heavy atom. The van der Waals surface area contributed by atoms with Crippen molar-refractivity contribution in [1.29, 1.82) is 5.26 Å². The molecule has 0 aromatic heterocycles. The summed E-state index contributed by atoms with van der Waals surface area (Å²) in [6.45, 7) is 2.45. The van der Waals surface area contributed by atoms with Crippen LogP contribution >= 0.6 is 11.6 Å². The van der Waals surface area contributed by atoms with E-state index in [1.807, 2.05) is 13.0 Å². The number of unbranched alkanes of at least 4 members (excludes halogenated alkanes) is 1. The fourth-order valence-electron chi connectivity index (χ4n) is 1.45. The normalized spacial score (nSPS) is 11.5. The highest BCUT2D eigenvalue weighted by molar-refractivity contribution is 7.89. The van der Waals surface area contributed by atoms with Crippen molar-refractivity contribution in [1.82, 2.24) is 4.31 Å². The molecular formula is C12H15ClN2O2S. The molecule has 0 saturated heterocycles. The number of sulfonamides is 1. The van der Waals surface area contributed by atoms with Gasteiger partial charge in [-0.05, 0) is 24.6 Å². The quantitative estimate of drug-likeness (QED) is 0.836. The van der Waals surface area contributed by atoms with Crippen LogP contribution in [-0.2, 0) is 10.0 Å². The lowest BCUT2D eigenvalue weighted by molar-refractivity contribution is 0.459. The molecule has 1 aromatic carbocycles. The summed E-state index contributed by atoms with van der Waals surface area (Å²) in [5.74, 6) is 0. The molecule has 0 amide bonds. The SMILES string of the molecule is CCCCN(C)S(=O)(=O)c1ccc(C#N)cc1Cl. The van der Waals surface area contributed by atoms with E-state index in [0.717, 1.165) is 12.8 Å². The summed E-state index contributed by atoms with van der Waals surface area (Å²) in [5, 5.41) is 8.79. The average Bonchev–Trinajstić information content (AvgIpc) is 2.35. The van der Waals surface area contributed by atoms with Gasteiger partial charge in [0.05, 0.1) is 16.7 Å². The lowest BCUT2D eigenvalue weighted by Crippen LogP contribution is -2.28. The summed E-state index contributed by atoms with van der Waals surface area (Å²) in [6, 6.07) is 6.10. The standard InChI is InChI=1S/C12H15ClN2O2S/c1-3-4-7-15(2)18(16,17)12-6-5-10(9-14)8-11(12)13/h5-6,8H,3-4,7H2,1-2H3. The lowest BCUT2D eigenvalue weighted by atomic mass is 10.2. The van der Waals surface area contributed by atoms with Gasteiger partial charge in [-0.2, -0.15) is 5.26 Å². The Morgan fingerprint density at radius 1 is 1.44 bits per heavy atom. The fraction of sp³-hybridized carbons (Fsp3) is 0.417. The largest absolute Gasteiger partial charge is 0.244 e. The summed E-state index contributed by atoms with van der Waals surface area (Å²) >= 11 is 5.91. The Morgan fingerprint density at radius 3 is 2.61 bits per heavy atom. The topological polar surface area (TPSA) is 61.2 Å². The maximum Gasteiger partial charge on any atom is 0.244 e. The van der Waals surface area contributed by atoms with Gasteiger partial charge in [0.15, 0.2) is 0 Å². The van der Waals surface area contributed by atoms with Crippen LogP contribution in [0.25, 0.3) is 0 Å². The molecule has 0 aliphatic heterocycles. The van der Waals surface area contributed by atoms with E-state index in [4.69, 9.17) is 16.9 Å². The minimum Gasteiger partial charge on any atom is -0.207 e. The molecule has 0 saturated carbocycles. The second-order valence-electron chi connectivity index (χ2n) is 3.94. The Bertz CT molecular complexity index is 564. The third-order valence-electron chi connectivity index (χ3n) is 2.58. The van der Waals surface area contributed by atoms with E-state index < -0.39 is 10.0 Å². The highest BCUT2D eigenvalue weighted by atomic mass is 35.5. The van der Waals surface area contributed by atoms with E-state index in [2.05, 4.69) is 0 Å². The van der Waals surface area contributed by atoms with Gasteiger partial charge in [-0.15, -0.1) is 0 Å². The van der Waals surface area contributed by atoms with Crippen molar-refractivity contribution in [2.45, 2.75) is 24.7 Å². The van der Waals surface area contributed by atoms with Gasteiger partial charge in [0.2, 0.25) is 10.0 Å². The van der Waals surface area contributed by atoms with Crippen molar-refractivity contribution in [3.8, 4) is 6.07 Å². The average molecular weight is 287 g/mol. The second kappa shape index (κ2) is 6.19. The minimum atomic E-state index is -3.57. The smallest absolute Gasteiger partial charge is 0.207 e. The first-order valence-electron chi connectivity index (χ1n) is 5.59. The zero-order valence-corrected chi connectivity index (χ0v) is 11.9. The van der Waals surface area contributed by atoms with Crippen molar-refractivity contribution >= 4 is 21.6 Å². The Hall–Kier alpha value is -1.09. The molecule has 0 bridgehead atoms. The van der Waals surface area contributed by atoms with Crippen LogP contribution in [0.5, 0.6) is 0 Å². The number of hydrogen-bond acceptors (Lipinski definition) is 3. The minimum absolute atomic E-state index is 0.0433. The van der Waals surface area contributed by atoms with Crippen LogP contribution in [0.1, 0.15) is 25.3 Å². The van der Waals surface area contributed by atoms with Gasteiger partial charge in [0.1, 0.15) is 4.90 Å². The van der Waals surface area contributed by atoms with E-state index >= 15 is 0 Å². The highest BCUT2D eigenvalue weighted by Crippen LogP contribution is 2.25. The molecule has 1 aromatic rings. The van der Waals surface area contributed by atoms with E-state index in [0.29, 0.717) is 12.1 Å². The summed E-state index contributed by atoms with van der Waals surface area (Å²) in [7, 11) is -2.05. The molecule has 0 N–H and O–H groups in total. The number of hydrogen-bond donors (Lipinski definition) is 0. The van der Waals surface area contributed by atoms with Crippen molar-refractivity contribution in [3.05, 3.63) is 28.8 Å². The van der Waals surface area contributed by atoms with Crippen LogP contribution in [0, 0.1) is 11.3 Å². The first-order chi connectivity index (χ1) is 8.43. The molecule has 0 atom stereocenters. The Kier molecular flexibility index (Phi) is 5.15. The molecule has 0 fully saturated rings. The summed E-state index contributed by atoms with van der Waals surface area (Å²) < 4.78 is 25.7. The van der Waals surface area contributed by atoms with Gasteiger partial charge >= 0.3 is 0 Å². The predicted octanol–water partition coefficient (Wildman–Crippen LogP) is 2.63. The molecule has 98 valence electrons. The van der Waals surface area contributed by atoms with Gasteiger partial charge in [-0.25, -0.2) is 12.7 Å². The zero-order valence-electron chi connectivity index (χ0n) is 10.4. The number of halogens is 1. The first-order valence-corrected chi connectivity index (χ1v) is 7.41.